The predicted molar refractivity (Wildman–Crippen MR) is 77.5 cm³/mol. The molecular weight excluding hydrogens is 314 g/mol. The molecule has 2 rings (SSSR count). The molecule has 0 aromatic heterocycles. The molecule has 0 radical (unpaired) electrons. The SMILES string of the molecule is OC(CCCc1ccccc1)[NH2+]Cc1ccccc1.[Br-]. The van der Waals surface area contributed by atoms with E-state index in [1.807, 2.05) is 29.6 Å². The van der Waals surface area contributed by atoms with Crippen molar-refractivity contribution < 1.29 is 27.4 Å². The molecule has 0 spiro atoms. The second kappa shape index (κ2) is 9.70. The van der Waals surface area contributed by atoms with Gasteiger partial charge in [0.2, 0.25) is 0 Å². The Morgan fingerprint density at radius 3 is 2.00 bits per heavy atom. The van der Waals surface area contributed by atoms with E-state index in [9.17, 15) is 5.11 Å². The minimum atomic E-state index is -0.302. The average Bonchev–Trinajstić information content (AvgIpc) is 2.47. The van der Waals surface area contributed by atoms with E-state index in [4.69, 9.17) is 0 Å². The Kier molecular flexibility index (Phi) is 8.19. The number of halogens is 1. The summed E-state index contributed by atoms with van der Waals surface area (Å²) in [6, 6.07) is 20.7. The number of benzene rings is 2. The van der Waals surface area contributed by atoms with Crippen LogP contribution in [0.4, 0.5) is 0 Å². The number of aryl methyl sites for hydroxylation is 1. The molecule has 2 aromatic carbocycles. The van der Waals surface area contributed by atoms with Gasteiger partial charge in [-0.2, -0.15) is 0 Å². The van der Waals surface area contributed by atoms with Gasteiger partial charge in [0.05, 0.1) is 0 Å². The fraction of sp³-hybridized carbons (Fsp3) is 0.294. The molecule has 108 valence electrons. The van der Waals surface area contributed by atoms with Gasteiger partial charge in [0.25, 0.3) is 0 Å². The molecule has 0 fully saturated rings. The lowest BCUT2D eigenvalue weighted by Gasteiger charge is -2.09. The molecule has 0 heterocycles. The zero-order chi connectivity index (χ0) is 13.3. The van der Waals surface area contributed by atoms with Gasteiger partial charge in [-0.05, 0) is 18.4 Å². The first kappa shape index (κ1) is 16.9. The molecule has 1 atom stereocenters. The number of nitrogens with two attached hydrogens (primary N) is 1. The molecule has 0 saturated heterocycles. The minimum Gasteiger partial charge on any atom is -1.00 e. The van der Waals surface area contributed by atoms with Gasteiger partial charge < -0.3 is 27.4 Å². The van der Waals surface area contributed by atoms with Crippen molar-refractivity contribution in [2.45, 2.75) is 32.0 Å². The van der Waals surface area contributed by atoms with Crippen LogP contribution in [-0.4, -0.2) is 11.3 Å². The van der Waals surface area contributed by atoms with Crippen molar-refractivity contribution in [2.24, 2.45) is 0 Å². The van der Waals surface area contributed by atoms with Crippen molar-refractivity contribution >= 4 is 0 Å². The number of aliphatic hydroxyl groups excluding tert-OH is 1. The Morgan fingerprint density at radius 2 is 1.40 bits per heavy atom. The Morgan fingerprint density at radius 1 is 0.850 bits per heavy atom. The molecule has 0 amide bonds. The van der Waals surface area contributed by atoms with E-state index in [2.05, 4.69) is 36.4 Å². The van der Waals surface area contributed by atoms with Crippen LogP contribution < -0.4 is 22.3 Å². The average molecular weight is 336 g/mol. The van der Waals surface area contributed by atoms with Crippen LogP contribution in [0.1, 0.15) is 24.0 Å². The third kappa shape index (κ3) is 6.33. The smallest absolute Gasteiger partial charge is 0.187 e. The Hall–Kier alpha value is -1.16. The van der Waals surface area contributed by atoms with Crippen molar-refractivity contribution in [3.63, 3.8) is 0 Å². The second-order valence-electron chi connectivity index (χ2n) is 4.87. The summed E-state index contributed by atoms with van der Waals surface area (Å²) in [4.78, 5) is 0. The van der Waals surface area contributed by atoms with Crippen molar-refractivity contribution in [1.82, 2.24) is 0 Å². The van der Waals surface area contributed by atoms with E-state index >= 15 is 0 Å². The van der Waals surface area contributed by atoms with Gasteiger partial charge in [0.1, 0.15) is 6.54 Å². The normalized spacial score (nSPS) is 11.7. The molecular formula is C17H22BrNO. The lowest BCUT2D eigenvalue weighted by Crippen LogP contribution is -3.00. The highest BCUT2D eigenvalue weighted by Gasteiger charge is 2.06. The first-order valence-electron chi connectivity index (χ1n) is 6.94. The summed E-state index contributed by atoms with van der Waals surface area (Å²) in [5.41, 5.74) is 2.60. The fourth-order valence-corrected chi connectivity index (χ4v) is 2.16. The van der Waals surface area contributed by atoms with E-state index in [-0.39, 0.29) is 23.2 Å². The standard InChI is InChI=1S/C17H21NO.BrH/c19-17(18-14-16-10-5-2-6-11-16)13-7-12-15-8-3-1-4-9-15;/h1-6,8-11,17-19H,7,12-14H2;1H. The van der Waals surface area contributed by atoms with Gasteiger partial charge >= 0.3 is 0 Å². The maximum Gasteiger partial charge on any atom is 0.187 e. The highest BCUT2D eigenvalue weighted by Crippen LogP contribution is 2.04. The van der Waals surface area contributed by atoms with Crippen LogP contribution in [0.2, 0.25) is 0 Å². The van der Waals surface area contributed by atoms with Crippen LogP contribution in [-0.2, 0) is 13.0 Å². The monoisotopic (exact) mass is 335 g/mol. The largest absolute Gasteiger partial charge is 1.00 e. The fourth-order valence-electron chi connectivity index (χ4n) is 2.16. The summed E-state index contributed by atoms with van der Waals surface area (Å²) >= 11 is 0. The van der Waals surface area contributed by atoms with Gasteiger partial charge in [-0.15, -0.1) is 0 Å². The lowest BCUT2D eigenvalue weighted by molar-refractivity contribution is -0.738. The molecule has 2 nitrogen and oxygen atoms in total. The zero-order valence-electron chi connectivity index (χ0n) is 11.6. The van der Waals surface area contributed by atoms with Gasteiger partial charge in [0.15, 0.2) is 6.23 Å². The van der Waals surface area contributed by atoms with Crippen molar-refractivity contribution in [3.8, 4) is 0 Å². The van der Waals surface area contributed by atoms with E-state index in [0.29, 0.717) is 0 Å². The zero-order valence-corrected chi connectivity index (χ0v) is 13.2. The van der Waals surface area contributed by atoms with Gasteiger partial charge in [0, 0.05) is 12.0 Å². The summed E-state index contributed by atoms with van der Waals surface area (Å²) in [5.74, 6) is 0. The molecule has 2 aromatic rings. The van der Waals surface area contributed by atoms with E-state index in [1.54, 1.807) is 0 Å². The van der Waals surface area contributed by atoms with Gasteiger partial charge in [-0.25, -0.2) is 0 Å². The summed E-state index contributed by atoms with van der Waals surface area (Å²) in [7, 11) is 0. The van der Waals surface area contributed by atoms with Crippen LogP contribution in [0, 0.1) is 0 Å². The van der Waals surface area contributed by atoms with Crippen LogP contribution >= 0.6 is 0 Å². The number of aliphatic hydroxyl groups is 1. The number of rotatable bonds is 7. The summed E-state index contributed by atoms with van der Waals surface area (Å²) in [6.45, 7) is 0.841. The van der Waals surface area contributed by atoms with Gasteiger partial charge in [-0.3, -0.25) is 0 Å². The first-order valence-corrected chi connectivity index (χ1v) is 6.94. The number of hydrogen-bond donors (Lipinski definition) is 2. The molecule has 0 aliphatic heterocycles. The maximum atomic E-state index is 9.93. The Balaban J connectivity index is 0.00000200. The molecule has 3 heteroatoms. The summed E-state index contributed by atoms with van der Waals surface area (Å²) < 4.78 is 0. The topological polar surface area (TPSA) is 36.8 Å². The van der Waals surface area contributed by atoms with E-state index < -0.39 is 0 Å². The highest BCUT2D eigenvalue weighted by molar-refractivity contribution is 5.14. The highest BCUT2D eigenvalue weighted by atomic mass is 79.9. The summed E-state index contributed by atoms with van der Waals surface area (Å²) in [6.07, 6.45) is 2.60. The van der Waals surface area contributed by atoms with Crippen LogP contribution in [0.3, 0.4) is 0 Å². The van der Waals surface area contributed by atoms with E-state index in [0.717, 1.165) is 25.8 Å². The lowest BCUT2D eigenvalue weighted by atomic mass is 10.1. The summed E-state index contributed by atoms with van der Waals surface area (Å²) in [5, 5.41) is 11.9. The molecule has 1 unspecified atom stereocenters. The van der Waals surface area contributed by atoms with Crippen LogP contribution in [0.15, 0.2) is 60.7 Å². The van der Waals surface area contributed by atoms with E-state index in [1.165, 1.54) is 11.1 Å². The predicted octanol–water partition coefficient (Wildman–Crippen LogP) is -0.905. The van der Waals surface area contributed by atoms with Crippen LogP contribution in [0.5, 0.6) is 0 Å². The molecule has 0 saturated carbocycles. The van der Waals surface area contributed by atoms with Crippen molar-refractivity contribution in [2.75, 3.05) is 0 Å². The molecule has 3 N–H and O–H groups in total. The Labute approximate surface area is 131 Å². The quantitative estimate of drug-likeness (QED) is 0.632. The van der Waals surface area contributed by atoms with Crippen LogP contribution in [0.25, 0.3) is 0 Å². The molecule has 0 aliphatic carbocycles. The molecule has 20 heavy (non-hydrogen) atoms. The molecule has 0 bridgehead atoms. The number of hydrogen-bond acceptors (Lipinski definition) is 1. The Bertz CT molecular complexity index is 461. The molecule has 0 aliphatic rings. The van der Waals surface area contributed by atoms with Crippen molar-refractivity contribution in [3.05, 3.63) is 71.8 Å². The third-order valence-electron chi connectivity index (χ3n) is 3.28. The maximum absolute atomic E-state index is 9.93. The number of quaternary nitrogens is 1. The van der Waals surface area contributed by atoms with Crippen molar-refractivity contribution in [1.29, 1.82) is 0 Å². The first-order chi connectivity index (χ1) is 9.34. The second-order valence-corrected chi connectivity index (χ2v) is 4.87. The minimum absolute atomic E-state index is 0. The van der Waals surface area contributed by atoms with Gasteiger partial charge in [-0.1, -0.05) is 60.7 Å². The third-order valence-corrected chi connectivity index (χ3v) is 3.28.